The van der Waals surface area contributed by atoms with Gasteiger partial charge in [0.15, 0.2) is 0 Å². The van der Waals surface area contributed by atoms with Crippen molar-refractivity contribution in [3.05, 3.63) is 42.1 Å². The molecule has 2 aromatic rings. The van der Waals surface area contributed by atoms with Crippen molar-refractivity contribution in [2.75, 3.05) is 13.2 Å². The molecular weight excluding hydrogens is 260 g/mol. The third kappa shape index (κ3) is 2.94. The minimum atomic E-state index is 0.355. The largest absolute Gasteiger partial charge is 0.378 e. The second-order valence-corrected chi connectivity index (χ2v) is 5.76. The van der Waals surface area contributed by atoms with Crippen LogP contribution in [0, 0.1) is 5.92 Å². The lowest BCUT2D eigenvalue weighted by atomic mass is 9.86. The van der Waals surface area contributed by atoms with Gasteiger partial charge in [0.25, 0.3) is 0 Å². The number of nitrogens with zero attached hydrogens (tertiary/aromatic N) is 1. The van der Waals surface area contributed by atoms with E-state index in [1.54, 1.807) is 0 Å². The highest BCUT2D eigenvalue weighted by atomic mass is 16.5. The van der Waals surface area contributed by atoms with Gasteiger partial charge in [0, 0.05) is 30.1 Å². The number of nitrogens with one attached hydrogen (secondary N) is 1. The van der Waals surface area contributed by atoms with Gasteiger partial charge in [-0.15, -0.1) is 0 Å². The van der Waals surface area contributed by atoms with Gasteiger partial charge < -0.3 is 10.1 Å². The molecule has 0 bridgehead atoms. The van der Waals surface area contributed by atoms with E-state index in [9.17, 15) is 0 Å². The molecule has 112 valence electrons. The second-order valence-electron chi connectivity index (χ2n) is 5.76. The van der Waals surface area contributed by atoms with Gasteiger partial charge in [0.1, 0.15) is 0 Å². The molecule has 1 aliphatic rings. The van der Waals surface area contributed by atoms with E-state index >= 15 is 0 Å². The molecule has 3 atom stereocenters. The molecule has 3 nitrogen and oxygen atoms in total. The van der Waals surface area contributed by atoms with Crippen LogP contribution in [0.1, 0.15) is 38.3 Å². The Bertz CT molecular complexity index is 599. The van der Waals surface area contributed by atoms with Gasteiger partial charge in [0.05, 0.1) is 11.6 Å². The van der Waals surface area contributed by atoms with Crippen molar-refractivity contribution >= 4 is 10.9 Å². The Hall–Kier alpha value is -1.45. The maximum atomic E-state index is 5.90. The molecule has 0 saturated carbocycles. The Morgan fingerprint density at radius 1 is 1.33 bits per heavy atom. The molecular formula is C18H24N2O. The topological polar surface area (TPSA) is 34.2 Å². The van der Waals surface area contributed by atoms with Crippen LogP contribution in [0.15, 0.2) is 36.5 Å². The smallest absolute Gasteiger partial charge is 0.0705 e. The van der Waals surface area contributed by atoms with E-state index in [1.165, 1.54) is 10.9 Å². The molecule has 1 N–H and O–H groups in total. The van der Waals surface area contributed by atoms with Crippen molar-refractivity contribution in [3.8, 4) is 0 Å². The van der Waals surface area contributed by atoms with E-state index in [4.69, 9.17) is 4.74 Å². The van der Waals surface area contributed by atoms with Gasteiger partial charge in [-0.05, 0) is 37.1 Å². The Labute approximate surface area is 126 Å². The summed E-state index contributed by atoms with van der Waals surface area (Å²) in [5.74, 6) is 0.552. The summed E-state index contributed by atoms with van der Waals surface area (Å²) in [5, 5.41) is 4.86. The van der Waals surface area contributed by atoms with E-state index in [0.717, 1.165) is 31.5 Å². The van der Waals surface area contributed by atoms with Crippen LogP contribution in [0.5, 0.6) is 0 Å². The standard InChI is InChI=1S/C18H24N2O/c1-3-17-15(9-11-21-17)18(19-4-2)14-8-7-13-6-5-10-20-16(13)12-14/h5-8,10,12,15,17-19H,3-4,9,11H2,1-2H3. The zero-order valence-electron chi connectivity index (χ0n) is 12.9. The predicted octanol–water partition coefficient (Wildman–Crippen LogP) is 3.70. The summed E-state index contributed by atoms with van der Waals surface area (Å²) >= 11 is 0. The normalized spacial score (nSPS) is 23.5. The first-order valence-electron chi connectivity index (χ1n) is 8.03. The number of hydrogen-bond acceptors (Lipinski definition) is 3. The van der Waals surface area contributed by atoms with Crippen molar-refractivity contribution in [3.63, 3.8) is 0 Å². The summed E-state index contributed by atoms with van der Waals surface area (Å²) in [6.07, 6.45) is 4.45. The van der Waals surface area contributed by atoms with Gasteiger partial charge in [-0.2, -0.15) is 0 Å². The van der Waals surface area contributed by atoms with E-state index in [0.29, 0.717) is 18.1 Å². The molecule has 0 spiro atoms. The van der Waals surface area contributed by atoms with Gasteiger partial charge in [-0.1, -0.05) is 32.0 Å². The van der Waals surface area contributed by atoms with Crippen molar-refractivity contribution in [1.29, 1.82) is 0 Å². The molecule has 1 aromatic heterocycles. The van der Waals surface area contributed by atoms with Crippen LogP contribution in [0.3, 0.4) is 0 Å². The minimum absolute atomic E-state index is 0.355. The predicted molar refractivity (Wildman–Crippen MR) is 86.3 cm³/mol. The van der Waals surface area contributed by atoms with Crippen LogP contribution < -0.4 is 5.32 Å². The zero-order valence-corrected chi connectivity index (χ0v) is 12.9. The van der Waals surface area contributed by atoms with Crippen LogP contribution >= 0.6 is 0 Å². The Morgan fingerprint density at radius 3 is 3.05 bits per heavy atom. The maximum absolute atomic E-state index is 5.90. The summed E-state index contributed by atoms with van der Waals surface area (Å²) in [5.41, 5.74) is 2.40. The molecule has 2 heterocycles. The molecule has 3 unspecified atom stereocenters. The number of fused-ring (bicyclic) bond motifs is 1. The van der Waals surface area contributed by atoms with Crippen LogP contribution in [-0.4, -0.2) is 24.2 Å². The zero-order chi connectivity index (χ0) is 14.7. The number of rotatable bonds is 5. The number of benzene rings is 1. The molecule has 21 heavy (non-hydrogen) atoms. The van der Waals surface area contributed by atoms with Gasteiger partial charge in [-0.25, -0.2) is 0 Å². The minimum Gasteiger partial charge on any atom is -0.378 e. The molecule has 1 aliphatic heterocycles. The van der Waals surface area contributed by atoms with Crippen molar-refractivity contribution < 1.29 is 4.74 Å². The SMILES string of the molecule is CCNC(c1ccc2cccnc2c1)C1CCOC1CC. The fraction of sp³-hybridized carbons (Fsp3) is 0.500. The number of aromatic nitrogens is 1. The summed E-state index contributed by atoms with van der Waals surface area (Å²) in [6.45, 7) is 6.24. The first-order chi connectivity index (χ1) is 10.3. The van der Waals surface area contributed by atoms with Crippen LogP contribution in [0.2, 0.25) is 0 Å². The van der Waals surface area contributed by atoms with Crippen molar-refractivity contribution in [2.45, 2.75) is 38.8 Å². The van der Waals surface area contributed by atoms with Gasteiger partial charge >= 0.3 is 0 Å². The summed E-state index contributed by atoms with van der Waals surface area (Å²) in [4.78, 5) is 4.49. The molecule has 0 radical (unpaired) electrons. The average molecular weight is 284 g/mol. The van der Waals surface area contributed by atoms with E-state index in [1.807, 2.05) is 12.3 Å². The Balaban J connectivity index is 1.94. The third-order valence-electron chi connectivity index (χ3n) is 4.50. The van der Waals surface area contributed by atoms with Crippen LogP contribution in [-0.2, 0) is 4.74 Å². The second kappa shape index (κ2) is 6.54. The first kappa shape index (κ1) is 14.5. The van der Waals surface area contributed by atoms with Crippen LogP contribution in [0.25, 0.3) is 10.9 Å². The maximum Gasteiger partial charge on any atom is 0.0705 e. The van der Waals surface area contributed by atoms with Crippen molar-refractivity contribution in [1.82, 2.24) is 10.3 Å². The quantitative estimate of drug-likeness (QED) is 0.909. The summed E-state index contributed by atoms with van der Waals surface area (Å²) < 4.78 is 5.90. The Morgan fingerprint density at radius 2 is 2.24 bits per heavy atom. The molecule has 1 saturated heterocycles. The highest BCUT2D eigenvalue weighted by Gasteiger charge is 2.34. The van der Waals surface area contributed by atoms with E-state index in [2.05, 4.69) is 48.4 Å². The van der Waals surface area contributed by atoms with Crippen LogP contribution in [0.4, 0.5) is 0 Å². The molecule has 0 amide bonds. The van der Waals surface area contributed by atoms with E-state index in [-0.39, 0.29) is 0 Å². The molecule has 1 fully saturated rings. The Kier molecular flexibility index (Phi) is 4.51. The highest BCUT2D eigenvalue weighted by molar-refractivity contribution is 5.79. The lowest BCUT2D eigenvalue weighted by Gasteiger charge is -2.28. The third-order valence-corrected chi connectivity index (χ3v) is 4.50. The van der Waals surface area contributed by atoms with Crippen molar-refractivity contribution in [2.24, 2.45) is 5.92 Å². The molecule has 3 heteroatoms. The average Bonchev–Trinajstić information content (AvgIpc) is 3.00. The number of hydrogen-bond donors (Lipinski definition) is 1. The summed E-state index contributed by atoms with van der Waals surface area (Å²) in [7, 11) is 0. The summed E-state index contributed by atoms with van der Waals surface area (Å²) in [6, 6.07) is 11.1. The lowest BCUT2D eigenvalue weighted by molar-refractivity contribution is 0.0776. The molecule has 3 rings (SSSR count). The monoisotopic (exact) mass is 284 g/mol. The number of pyridine rings is 1. The molecule has 1 aromatic carbocycles. The van der Waals surface area contributed by atoms with Gasteiger partial charge in [0.2, 0.25) is 0 Å². The number of ether oxygens (including phenoxy) is 1. The molecule has 0 aliphatic carbocycles. The highest BCUT2D eigenvalue weighted by Crippen LogP contribution is 2.35. The lowest BCUT2D eigenvalue weighted by Crippen LogP contribution is -2.32. The first-order valence-corrected chi connectivity index (χ1v) is 8.03. The van der Waals surface area contributed by atoms with E-state index < -0.39 is 0 Å². The van der Waals surface area contributed by atoms with Gasteiger partial charge in [-0.3, -0.25) is 4.98 Å². The fourth-order valence-corrected chi connectivity index (χ4v) is 3.48. The fourth-order valence-electron chi connectivity index (χ4n) is 3.48.